The van der Waals surface area contributed by atoms with Crippen molar-refractivity contribution in [1.82, 2.24) is 4.90 Å². The lowest BCUT2D eigenvalue weighted by atomic mass is 10.2. The lowest BCUT2D eigenvalue weighted by Crippen LogP contribution is -2.41. The lowest BCUT2D eigenvalue weighted by molar-refractivity contribution is 0.00876. The highest BCUT2D eigenvalue weighted by molar-refractivity contribution is 5.69. The highest BCUT2D eigenvalue weighted by Crippen LogP contribution is 2.24. The molecule has 1 aromatic carbocycles. The number of rotatable bonds is 5. The number of benzene rings is 1. The Kier molecular flexibility index (Phi) is 6.06. The first-order valence-electron chi connectivity index (χ1n) is 8.04. The van der Waals surface area contributed by atoms with Gasteiger partial charge in [-0.25, -0.2) is 4.79 Å². The summed E-state index contributed by atoms with van der Waals surface area (Å²) in [5, 5.41) is 3.74. The molecule has 2 atom stereocenters. The van der Waals surface area contributed by atoms with Crippen molar-refractivity contribution in [1.29, 1.82) is 0 Å². The van der Waals surface area contributed by atoms with Gasteiger partial charge in [-0.3, -0.25) is 0 Å². The van der Waals surface area contributed by atoms with E-state index in [1.165, 1.54) is 0 Å². The van der Waals surface area contributed by atoms with Crippen LogP contribution in [0.5, 0.6) is 0 Å². The van der Waals surface area contributed by atoms with Crippen molar-refractivity contribution in [2.75, 3.05) is 13.2 Å². The molecule has 1 fully saturated rings. The Bertz CT molecular complexity index is 594. The molecule has 1 unspecified atom stereocenters. The molecular weight excluding hydrogens is 308 g/mol. The second-order valence-electron chi connectivity index (χ2n) is 6.88. The number of carbonyl (C=O) groups excluding carboxylic acids is 1. The fourth-order valence-electron chi connectivity index (χ4n) is 2.64. The minimum atomic E-state index is -0.566. The maximum atomic E-state index is 12.4. The minimum Gasteiger partial charge on any atom is -0.444 e. The number of hydrogen-bond acceptors (Lipinski definition) is 4. The Morgan fingerprint density at radius 1 is 1.38 bits per heavy atom. The van der Waals surface area contributed by atoms with E-state index < -0.39 is 11.7 Å². The normalized spacial score (nSPS) is 20.5. The third-order valence-electron chi connectivity index (χ3n) is 3.66. The standard InChI is InChI=1S/C17H24N4O3/c1-17(2,3)24-16(22)21-10-14(19-20-18)9-15(21)12-23-11-13-7-5-4-6-8-13/h4-8,14-15H,9-12H2,1-3H3/t14?,15-/m0/s1. The summed E-state index contributed by atoms with van der Waals surface area (Å²) in [5.41, 5.74) is 9.15. The highest BCUT2D eigenvalue weighted by atomic mass is 16.6. The molecule has 1 aliphatic rings. The molecule has 0 aliphatic carbocycles. The molecular formula is C17H24N4O3. The molecule has 1 saturated heterocycles. The van der Waals surface area contributed by atoms with Gasteiger partial charge in [-0.15, -0.1) is 0 Å². The SMILES string of the molecule is CC(C)(C)OC(=O)N1CC(N=[N+]=[N-])C[C@H]1COCc1ccccc1. The lowest BCUT2D eigenvalue weighted by Gasteiger charge is -2.28. The first-order valence-corrected chi connectivity index (χ1v) is 8.04. The largest absolute Gasteiger partial charge is 0.444 e. The third kappa shape index (κ3) is 5.44. The molecule has 0 bridgehead atoms. The number of likely N-dealkylation sites (tertiary alicyclic amines) is 1. The second kappa shape index (κ2) is 8.04. The van der Waals surface area contributed by atoms with Crippen LogP contribution in [0, 0.1) is 0 Å². The van der Waals surface area contributed by atoms with E-state index in [-0.39, 0.29) is 12.1 Å². The Morgan fingerprint density at radius 3 is 2.71 bits per heavy atom. The number of carbonyl (C=O) groups is 1. The number of ether oxygens (including phenoxy) is 2. The average Bonchev–Trinajstić information content (AvgIpc) is 2.90. The molecule has 0 saturated carbocycles. The van der Waals surface area contributed by atoms with Crippen molar-refractivity contribution in [3.8, 4) is 0 Å². The van der Waals surface area contributed by atoms with Crippen LogP contribution in [0.2, 0.25) is 0 Å². The summed E-state index contributed by atoms with van der Waals surface area (Å²) >= 11 is 0. The summed E-state index contributed by atoms with van der Waals surface area (Å²) in [5.74, 6) is 0. The van der Waals surface area contributed by atoms with Crippen LogP contribution in [0.3, 0.4) is 0 Å². The van der Waals surface area contributed by atoms with Gasteiger partial charge in [0.25, 0.3) is 0 Å². The summed E-state index contributed by atoms with van der Waals surface area (Å²) in [4.78, 5) is 16.8. The summed E-state index contributed by atoms with van der Waals surface area (Å²) in [6.07, 6.45) is 0.185. The zero-order chi connectivity index (χ0) is 17.6. The number of amides is 1. The monoisotopic (exact) mass is 332 g/mol. The number of nitrogens with zero attached hydrogens (tertiary/aromatic N) is 4. The van der Waals surface area contributed by atoms with E-state index in [9.17, 15) is 4.79 Å². The fraction of sp³-hybridized carbons (Fsp3) is 0.588. The van der Waals surface area contributed by atoms with Crippen LogP contribution in [0.1, 0.15) is 32.8 Å². The van der Waals surface area contributed by atoms with E-state index in [0.29, 0.717) is 26.2 Å². The van der Waals surface area contributed by atoms with Crippen LogP contribution in [-0.2, 0) is 16.1 Å². The van der Waals surface area contributed by atoms with Crippen molar-refractivity contribution < 1.29 is 14.3 Å². The molecule has 7 heteroatoms. The molecule has 130 valence electrons. The van der Waals surface area contributed by atoms with Gasteiger partial charge < -0.3 is 14.4 Å². The highest BCUT2D eigenvalue weighted by Gasteiger charge is 2.37. The smallest absolute Gasteiger partial charge is 0.410 e. The van der Waals surface area contributed by atoms with Gasteiger partial charge in [-0.1, -0.05) is 35.4 Å². The van der Waals surface area contributed by atoms with E-state index in [1.807, 2.05) is 51.1 Å². The zero-order valence-electron chi connectivity index (χ0n) is 14.4. The molecule has 0 N–H and O–H groups in total. The van der Waals surface area contributed by atoms with Gasteiger partial charge in [-0.2, -0.15) is 0 Å². The van der Waals surface area contributed by atoms with Crippen LogP contribution < -0.4 is 0 Å². The van der Waals surface area contributed by atoms with E-state index in [4.69, 9.17) is 15.0 Å². The molecule has 0 radical (unpaired) electrons. The summed E-state index contributed by atoms with van der Waals surface area (Å²) in [6, 6.07) is 9.45. The van der Waals surface area contributed by atoms with Crippen molar-refractivity contribution >= 4 is 6.09 Å². The molecule has 1 aliphatic heterocycles. The molecule has 0 spiro atoms. The van der Waals surface area contributed by atoms with E-state index in [2.05, 4.69) is 10.0 Å². The molecule has 1 amide bonds. The van der Waals surface area contributed by atoms with Crippen LogP contribution in [-0.4, -0.2) is 41.8 Å². The molecule has 7 nitrogen and oxygen atoms in total. The first-order chi connectivity index (χ1) is 11.4. The number of hydrogen-bond donors (Lipinski definition) is 0. The molecule has 0 aromatic heterocycles. The maximum absolute atomic E-state index is 12.4. The first kappa shape index (κ1) is 18.1. The predicted octanol–water partition coefficient (Wildman–Crippen LogP) is 3.89. The van der Waals surface area contributed by atoms with Gasteiger partial charge in [0, 0.05) is 11.5 Å². The quantitative estimate of drug-likeness (QED) is 0.465. The Balaban J connectivity index is 1.95. The van der Waals surface area contributed by atoms with Crippen LogP contribution >= 0.6 is 0 Å². The summed E-state index contributed by atoms with van der Waals surface area (Å²) < 4.78 is 11.2. The van der Waals surface area contributed by atoms with Crippen molar-refractivity contribution in [3.05, 3.63) is 46.3 Å². The van der Waals surface area contributed by atoms with Crippen LogP contribution in [0.15, 0.2) is 35.4 Å². The van der Waals surface area contributed by atoms with Gasteiger partial charge in [-0.05, 0) is 38.3 Å². The van der Waals surface area contributed by atoms with E-state index >= 15 is 0 Å². The fourth-order valence-corrected chi connectivity index (χ4v) is 2.64. The van der Waals surface area contributed by atoms with Crippen molar-refractivity contribution in [2.45, 2.75) is 51.5 Å². The average molecular weight is 332 g/mol. The Labute approximate surface area is 142 Å². The van der Waals surface area contributed by atoms with Gasteiger partial charge in [0.15, 0.2) is 0 Å². The van der Waals surface area contributed by atoms with Crippen molar-refractivity contribution in [3.63, 3.8) is 0 Å². The van der Waals surface area contributed by atoms with Crippen molar-refractivity contribution in [2.24, 2.45) is 5.11 Å². The summed E-state index contributed by atoms with van der Waals surface area (Å²) in [7, 11) is 0. The predicted molar refractivity (Wildman–Crippen MR) is 90.4 cm³/mol. The van der Waals surface area contributed by atoms with E-state index in [0.717, 1.165) is 5.56 Å². The second-order valence-corrected chi connectivity index (χ2v) is 6.88. The Morgan fingerprint density at radius 2 is 2.08 bits per heavy atom. The third-order valence-corrected chi connectivity index (χ3v) is 3.66. The van der Waals surface area contributed by atoms with Gasteiger partial charge in [0.1, 0.15) is 5.60 Å². The number of azide groups is 1. The van der Waals surface area contributed by atoms with Crippen LogP contribution in [0.4, 0.5) is 4.79 Å². The minimum absolute atomic E-state index is 0.154. The molecule has 1 heterocycles. The van der Waals surface area contributed by atoms with Gasteiger partial charge >= 0.3 is 6.09 Å². The zero-order valence-corrected chi connectivity index (χ0v) is 14.4. The maximum Gasteiger partial charge on any atom is 0.410 e. The summed E-state index contributed by atoms with van der Waals surface area (Å²) in [6.45, 7) is 6.70. The molecule has 2 rings (SSSR count). The Hall–Kier alpha value is -2.24. The van der Waals surface area contributed by atoms with Gasteiger partial charge in [0.2, 0.25) is 0 Å². The van der Waals surface area contributed by atoms with Crippen LogP contribution in [0.25, 0.3) is 10.4 Å². The topological polar surface area (TPSA) is 87.5 Å². The van der Waals surface area contributed by atoms with E-state index in [1.54, 1.807) is 4.90 Å². The molecule has 1 aromatic rings. The molecule has 24 heavy (non-hydrogen) atoms. The van der Waals surface area contributed by atoms with Gasteiger partial charge in [0.05, 0.1) is 25.3 Å².